The van der Waals surface area contributed by atoms with Crippen LogP contribution in [0.4, 0.5) is 15.9 Å². The summed E-state index contributed by atoms with van der Waals surface area (Å²) in [6.45, 7) is 6.15. The molecule has 1 atom stereocenters. The quantitative estimate of drug-likeness (QED) is 0.759. The Kier molecular flexibility index (Phi) is 4.90. The Morgan fingerprint density at radius 1 is 1.28 bits per heavy atom. The molecule has 3 heterocycles. The molecule has 29 heavy (non-hydrogen) atoms. The summed E-state index contributed by atoms with van der Waals surface area (Å²) in [7, 11) is 0. The minimum absolute atomic E-state index is 0.168. The van der Waals surface area contributed by atoms with Gasteiger partial charge in [0.1, 0.15) is 18.8 Å². The molecule has 6 heteroatoms. The van der Waals surface area contributed by atoms with E-state index in [0.29, 0.717) is 12.5 Å². The molecule has 2 aromatic rings. The highest BCUT2D eigenvalue weighted by Gasteiger charge is 2.43. The first-order valence-electron chi connectivity index (χ1n) is 10.9. The topological polar surface area (TPSA) is 53.1 Å². The molecule has 5 nitrogen and oxygen atoms in total. The van der Waals surface area contributed by atoms with E-state index in [1.807, 2.05) is 0 Å². The summed E-state index contributed by atoms with van der Waals surface area (Å²) >= 11 is 0. The number of rotatable bonds is 5. The Bertz CT molecular complexity index is 891. The average molecular weight is 396 g/mol. The molecule has 0 bridgehead atoms. The zero-order valence-electron chi connectivity index (χ0n) is 17.2. The lowest BCUT2D eigenvalue weighted by molar-refractivity contribution is 0.357. The van der Waals surface area contributed by atoms with Crippen LogP contribution in [0.2, 0.25) is 0 Å². The van der Waals surface area contributed by atoms with Gasteiger partial charge in [-0.15, -0.1) is 0 Å². The summed E-state index contributed by atoms with van der Waals surface area (Å²) in [5.41, 5.74) is 6.82. The van der Waals surface area contributed by atoms with Gasteiger partial charge in [0.05, 0.1) is 0 Å². The molecule has 2 aliphatic heterocycles. The SMILES string of the molecule is CC1CCc2ncnc(N3CCC4(CC3)CNc3cccc(CNCCF)c34)c21. The van der Waals surface area contributed by atoms with E-state index >= 15 is 0 Å². The summed E-state index contributed by atoms with van der Waals surface area (Å²) in [5.74, 6) is 1.72. The van der Waals surface area contributed by atoms with Gasteiger partial charge in [0.15, 0.2) is 0 Å². The van der Waals surface area contributed by atoms with Gasteiger partial charge in [0.25, 0.3) is 0 Å². The van der Waals surface area contributed by atoms with Gasteiger partial charge >= 0.3 is 0 Å². The zero-order chi connectivity index (χ0) is 19.8. The summed E-state index contributed by atoms with van der Waals surface area (Å²) in [4.78, 5) is 11.7. The fourth-order valence-electron chi connectivity index (χ4n) is 5.61. The molecule has 0 radical (unpaired) electrons. The minimum Gasteiger partial charge on any atom is -0.384 e. The number of alkyl halides is 1. The van der Waals surface area contributed by atoms with Crippen LogP contribution in [0.15, 0.2) is 24.5 Å². The van der Waals surface area contributed by atoms with E-state index < -0.39 is 0 Å². The van der Waals surface area contributed by atoms with Crippen molar-refractivity contribution >= 4 is 11.5 Å². The molecule has 1 spiro atoms. The first kappa shape index (κ1) is 18.8. The number of fused-ring (bicyclic) bond motifs is 3. The molecule has 1 fully saturated rings. The Balaban J connectivity index is 1.38. The molecule has 2 N–H and O–H groups in total. The second-order valence-electron chi connectivity index (χ2n) is 8.82. The fourth-order valence-corrected chi connectivity index (χ4v) is 5.61. The predicted molar refractivity (Wildman–Crippen MR) is 115 cm³/mol. The van der Waals surface area contributed by atoms with Gasteiger partial charge in [0, 0.05) is 55.1 Å². The molecular formula is C23H30FN5. The highest BCUT2D eigenvalue weighted by atomic mass is 19.1. The second-order valence-corrected chi connectivity index (χ2v) is 8.82. The van der Waals surface area contributed by atoms with Crippen LogP contribution in [0.5, 0.6) is 0 Å². The van der Waals surface area contributed by atoms with Crippen LogP contribution in [0.3, 0.4) is 0 Å². The normalized spacial score (nSPS) is 21.9. The Hall–Kier alpha value is -2.21. The maximum absolute atomic E-state index is 12.6. The van der Waals surface area contributed by atoms with Crippen LogP contribution in [0, 0.1) is 0 Å². The van der Waals surface area contributed by atoms with Gasteiger partial charge < -0.3 is 15.5 Å². The van der Waals surface area contributed by atoms with Gasteiger partial charge in [0.2, 0.25) is 0 Å². The molecule has 0 amide bonds. The van der Waals surface area contributed by atoms with Crippen molar-refractivity contribution in [1.29, 1.82) is 0 Å². The van der Waals surface area contributed by atoms with Gasteiger partial charge in [-0.2, -0.15) is 0 Å². The Labute approximate surface area is 172 Å². The average Bonchev–Trinajstić information content (AvgIpc) is 3.31. The number of hydrogen-bond acceptors (Lipinski definition) is 5. The van der Waals surface area contributed by atoms with Crippen molar-refractivity contribution in [3.63, 3.8) is 0 Å². The van der Waals surface area contributed by atoms with Crippen molar-refractivity contribution in [3.05, 3.63) is 46.9 Å². The van der Waals surface area contributed by atoms with Gasteiger partial charge in [-0.05, 0) is 48.8 Å². The van der Waals surface area contributed by atoms with Gasteiger partial charge in [-0.1, -0.05) is 19.1 Å². The van der Waals surface area contributed by atoms with E-state index in [2.05, 4.69) is 45.6 Å². The fraction of sp³-hybridized carbons (Fsp3) is 0.565. The number of aromatic nitrogens is 2. The lowest BCUT2D eigenvalue weighted by Crippen LogP contribution is -2.45. The number of aryl methyl sites for hydroxylation is 1. The van der Waals surface area contributed by atoms with Crippen LogP contribution >= 0.6 is 0 Å². The van der Waals surface area contributed by atoms with E-state index in [0.717, 1.165) is 45.4 Å². The molecular weight excluding hydrogens is 365 g/mol. The number of benzene rings is 1. The van der Waals surface area contributed by atoms with Crippen LogP contribution in [0.25, 0.3) is 0 Å². The number of piperidine rings is 1. The highest BCUT2D eigenvalue weighted by Crippen LogP contribution is 2.47. The smallest absolute Gasteiger partial charge is 0.135 e. The number of hydrogen-bond donors (Lipinski definition) is 2. The maximum Gasteiger partial charge on any atom is 0.135 e. The lowest BCUT2D eigenvalue weighted by Gasteiger charge is -2.41. The predicted octanol–water partition coefficient (Wildman–Crippen LogP) is 3.55. The van der Waals surface area contributed by atoms with E-state index in [4.69, 9.17) is 4.98 Å². The first-order chi connectivity index (χ1) is 14.2. The van der Waals surface area contributed by atoms with Gasteiger partial charge in [-0.3, -0.25) is 0 Å². The van der Waals surface area contributed by atoms with Crippen molar-refractivity contribution in [3.8, 4) is 0 Å². The van der Waals surface area contributed by atoms with Crippen LogP contribution in [-0.2, 0) is 18.4 Å². The third-order valence-corrected chi connectivity index (χ3v) is 7.16. The monoisotopic (exact) mass is 395 g/mol. The number of nitrogens with zero attached hydrogens (tertiary/aromatic N) is 3. The molecule has 1 unspecified atom stereocenters. The summed E-state index contributed by atoms with van der Waals surface area (Å²) in [6.07, 6.45) is 6.24. The van der Waals surface area contributed by atoms with Crippen LogP contribution in [-0.4, -0.2) is 42.8 Å². The third kappa shape index (κ3) is 3.18. The van der Waals surface area contributed by atoms with Crippen molar-refractivity contribution in [1.82, 2.24) is 15.3 Å². The molecule has 0 saturated carbocycles. The number of halogens is 1. The second kappa shape index (κ2) is 7.56. The van der Waals surface area contributed by atoms with Crippen molar-refractivity contribution in [2.75, 3.05) is 43.1 Å². The molecule has 1 aromatic carbocycles. The lowest BCUT2D eigenvalue weighted by atomic mass is 9.72. The summed E-state index contributed by atoms with van der Waals surface area (Å²) in [5, 5.41) is 6.89. The maximum atomic E-state index is 12.6. The van der Waals surface area contributed by atoms with E-state index in [-0.39, 0.29) is 12.1 Å². The summed E-state index contributed by atoms with van der Waals surface area (Å²) < 4.78 is 12.6. The van der Waals surface area contributed by atoms with Crippen LogP contribution in [0.1, 0.15) is 54.5 Å². The molecule has 154 valence electrons. The summed E-state index contributed by atoms with van der Waals surface area (Å²) in [6, 6.07) is 6.50. The number of anilines is 2. The molecule has 1 aromatic heterocycles. The Morgan fingerprint density at radius 2 is 2.14 bits per heavy atom. The minimum atomic E-state index is -0.324. The van der Waals surface area contributed by atoms with Crippen molar-refractivity contribution in [2.24, 2.45) is 0 Å². The van der Waals surface area contributed by atoms with E-state index in [9.17, 15) is 4.39 Å². The Morgan fingerprint density at radius 3 is 2.97 bits per heavy atom. The zero-order valence-corrected chi connectivity index (χ0v) is 17.2. The van der Waals surface area contributed by atoms with Crippen molar-refractivity contribution < 1.29 is 4.39 Å². The third-order valence-electron chi connectivity index (χ3n) is 7.16. The van der Waals surface area contributed by atoms with Gasteiger partial charge in [-0.25, -0.2) is 14.4 Å². The molecule has 1 saturated heterocycles. The van der Waals surface area contributed by atoms with E-state index in [1.165, 1.54) is 40.3 Å². The first-order valence-corrected chi connectivity index (χ1v) is 10.9. The molecule has 5 rings (SSSR count). The standard InChI is InChI=1S/C23H30FN5/c1-16-5-6-18-20(16)22(28-15-27-18)29-11-7-23(8-12-29)14-26-19-4-2-3-17(21(19)23)13-25-10-9-24/h2-4,15-16,25-26H,5-14H2,1H3. The van der Waals surface area contributed by atoms with Crippen LogP contribution < -0.4 is 15.5 Å². The largest absolute Gasteiger partial charge is 0.384 e. The number of nitrogens with one attached hydrogen (secondary N) is 2. The van der Waals surface area contributed by atoms with Crippen molar-refractivity contribution in [2.45, 2.75) is 50.5 Å². The van der Waals surface area contributed by atoms with E-state index in [1.54, 1.807) is 6.33 Å². The highest BCUT2D eigenvalue weighted by molar-refractivity contribution is 5.64. The molecule has 1 aliphatic carbocycles. The molecule has 3 aliphatic rings.